The van der Waals surface area contributed by atoms with Gasteiger partial charge in [0, 0.05) is 13.5 Å². The Morgan fingerprint density at radius 2 is 1.82 bits per heavy atom. The quantitative estimate of drug-likeness (QED) is 0.314. The van der Waals surface area contributed by atoms with Crippen molar-refractivity contribution in [2.75, 3.05) is 20.4 Å². The first-order valence-electron chi connectivity index (χ1n) is 9.89. The molecule has 1 heterocycles. The van der Waals surface area contributed by atoms with Gasteiger partial charge in [-0.2, -0.15) is 0 Å². The molecule has 2 rings (SSSR count). The number of unbranched alkanes of at least 4 members (excludes halogenated alkanes) is 5. The molecule has 2 aromatic rings. The number of benzene rings is 1. The van der Waals surface area contributed by atoms with Crippen LogP contribution in [0.2, 0.25) is 0 Å². The van der Waals surface area contributed by atoms with Gasteiger partial charge in [0.1, 0.15) is 0 Å². The molecule has 0 spiro atoms. The number of carboxylic acids is 1. The van der Waals surface area contributed by atoms with E-state index in [1.165, 1.54) is 59.3 Å². The van der Waals surface area contributed by atoms with Gasteiger partial charge in [-0.1, -0.05) is 0 Å². The van der Waals surface area contributed by atoms with Gasteiger partial charge in [0.25, 0.3) is 5.97 Å². The zero-order chi connectivity index (χ0) is 21.2. The zero-order valence-corrected chi connectivity index (χ0v) is 19.4. The SMILES string of the molecule is CC(=O)O.CCCCCCCCc1nc2ccc(OC)cc2[se]1.CCOCN. The summed E-state index contributed by atoms with van der Waals surface area (Å²) in [5, 5.41) is 7.42. The van der Waals surface area contributed by atoms with Crippen LogP contribution in [0, 0.1) is 0 Å². The van der Waals surface area contributed by atoms with Crippen LogP contribution in [-0.4, -0.2) is 51.0 Å². The molecule has 0 saturated carbocycles. The Hall–Kier alpha value is -1.40. The van der Waals surface area contributed by atoms with Crippen molar-refractivity contribution in [3.63, 3.8) is 0 Å². The first-order chi connectivity index (χ1) is 13.5. The van der Waals surface area contributed by atoms with Crippen LogP contribution in [0.4, 0.5) is 0 Å². The first kappa shape index (κ1) is 26.6. The molecule has 0 aliphatic rings. The molecule has 0 radical (unpaired) electrons. The first-order valence-corrected chi connectivity index (χ1v) is 11.6. The second-order valence-electron chi connectivity index (χ2n) is 6.14. The van der Waals surface area contributed by atoms with Crippen molar-refractivity contribution >= 4 is 30.2 Å². The number of hydrogen-bond donors (Lipinski definition) is 2. The van der Waals surface area contributed by atoms with E-state index in [1.54, 1.807) is 7.11 Å². The summed E-state index contributed by atoms with van der Waals surface area (Å²) >= 11 is 0.424. The number of nitrogens with two attached hydrogens (primary N) is 1. The topological polar surface area (TPSA) is 94.7 Å². The summed E-state index contributed by atoms with van der Waals surface area (Å²) < 4.78 is 12.7. The molecule has 28 heavy (non-hydrogen) atoms. The van der Waals surface area contributed by atoms with E-state index < -0.39 is 5.97 Å². The minimum Gasteiger partial charge on any atom is -0.367 e. The van der Waals surface area contributed by atoms with E-state index in [0.717, 1.165) is 19.3 Å². The number of carbonyl (C=O) groups is 1. The largest absolute Gasteiger partial charge is 0.367 e. The summed E-state index contributed by atoms with van der Waals surface area (Å²) in [6.07, 6.45) is 9.33. The average Bonchev–Trinajstić information content (AvgIpc) is 3.07. The van der Waals surface area contributed by atoms with E-state index >= 15 is 0 Å². The Labute approximate surface area is 175 Å². The van der Waals surface area contributed by atoms with E-state index in [1.807, 2.05) is 13.0 Å². The van der Waals surface area contributed by atoms with Gasteiger partial charge in [0.15, 0.2) is 0 Å². The molecule has 1 aromatic heterocycles. The predicted octanol–water partition coefficient (Wildman–Crippen LogP) is 4.23. The molecular weight excluding hydrogens is 423 g/mol. The Bertz CT molecular complexity index is 640. The van der Waals surface area contributed by atoms with Crippen LogP contribution in [0.3, 0.4) is 0 Å². The summed E-state index contributed by atoms with van der Waals surface area (Å²) in [5.41, 5.74) is 6.09. The smallest absolute Gasteiger partial charge is 0.0940 e. The second kappa shape index (κ2) is 17.7. The van der Waals surface area contributed by atoms with Gasteiger partial charge in [0.05, 0.1) is 6.73 Å². The standard InChI is InChI=1S/C16H23NOSe.C3H9NO.C2H4O2/c1-3-4-5-6-7-8-9-16-17-14-11-10-13(18-2)12-15(14)19-16;1-2-5-3-4;1-2(3)4/h10-12H,3-9H2,1-2H3;2-4H2,1H3;1H3,(H,3,4). The second-order valence-corrected chi connectivity index (χ2v) is 8.48. The molecular formula is C21H36N2O4Se. The minimum atomic E-state index is -0.833. The van der Waals surface area contributed by atoms with Crippen molar-refractivity contribution in [1.29, 1.82) is 0 Å². The van der Waals surface area contributed by atoms with E-state index in [9.17, 15) is 0 Å². The van der Waals surface area contributed by atoms with Gasteiger partial charge < -0.3 is 15.6 Å². The van der Waals surface area contributed by atoms with Crippen LogP contribution >= 0.6 is 0 Å². The van der Waals surface area contributed by atoms with Gasteiger partial charge in [0.2, 0.25) is 0 Å². The maximum atomic E-state index is 9.00. The van der Waals surface area contributed by atoms with Crippen molar-refractivity contribution in [2.45, 2.75) is 65.7 Å². The molecule has 3 N–H and O–H groups in total. The molecule has 1 aromatic carbocycles. The molecule has 6 nitrogen and oxygen atoms in total. The van der Waals surface area contributed by atoms with Crippen molar-refractivity contribution in [1.82, 2.24) is 4.98 Å². The number of hydrogen-bond acceptors (Lipinski definition) is 5. The maximum Gasteiger partial charge on any atom is 0.0940 e. The number of nitrogens with zero attached hydrogens (tertiary/aromatic N) is 1. The third-order valence-corrected chi connectivity index (χ3v) is 5.97. The van der Waals surface area contributed by atoms with Crippen molar-refractivity contribution < 1.29 is 19.4 Å². The summed E-state index contributed by atoms with van der Waals surface area (Å²) in [5.74, 6) is 0.122. The van der Waals surface area contributed by atoms with Gasteiger partial charge in [-0.3, -0.25) is 4.79 Å². The van der Waals surface area contributed by atoms with Crippen LogP contribution in [-0.2, 0) is 16.0 Å². The number of aliphatic carboxylic acids is 1. The van der Waals surface area contributed by atoms with E-state index in [2.05, 4.69) is 23.8 Å². The van der Waals surface area contributed by atoms with Crippen LogP contribution in [0.5, 0.6) is 5.75 Å². The van der Waals surface area contributed by atoms with Crippen LogP contribution in [0.15, 0.2) is 18.2 Å². The van der Waals surface area contributed by atoms with Crippen molar-refractivity contribution in [2.24, 2.45) is 5.73 Å². The number of aryl methyl sites for hydroxylation is 1. The fourth-order valence-corrected chi connectivity index (χ4v) is 4.54. The summed E-state index contributed by atoms with van der Waals surface area (Å²) in [4.78, 5) is 13.7. The van der Waals surface area contributed by atoms with Crippen LogP contribution in [0.1, 0.15) is 63.9 Å². The average molecular weight is 459 g/mol. The third-order valence-electron chi connectivity index (χ3n) is 3.71. The van der Waals surface area contributed by atoms with Crippen LogP contribution < -0.4 is 10.5 Å². The Kier molecular flexibility index (Phi) is 16.8. The molecule has 0 saturated heterocycles. The minimum absolute atomic E-state index is 0.344. The van der Waals surface area contributed by atoms with E-state index in [-0.39, 0.29) is 0 Å². The third kappa shape index (κ3) is 13.7. The Morgan fingerprint density at radius 3 is 2.36 bits per heavy atom. The molecule has 0 atom stereocenters. The monoisotopic (exact) mass is 460 g/mol. The van der Waals surface area contributed by atoms with Gasteiger partial charge in [-0.25, -0.2) is 0 Å². The summed E-state index contributed by atoms with van der Waals surface area (Å²) in [7, 11) is 1.72. The Morgan fingerprint density at radius 1 is 1.18 bits per heavy atom. The van der Waals surface area contributed by atoms with Crippen molar-refractivity contribution in [3.8, 4) is 5.75 Å². The van der Waals surface area contributed by atoms with Crippen LogP contribution in [0.25, 0.3) is 9.78 Å². The molecule has 0 unspecified atom stereocenters. The molecule has 0 aliphatic carbocycles. The number of fused-ring (bicyclic) bond motifs is 1. The number of carboxylic acid groups (broad SMARTS) is 1. The van der Waals surface area contributed by atoms with Gasteiger partial charge >= 0.3 is 121 Å². The molecule has 160 valence electrons. The number of aromatic nitrogens is 1. The fourth-order valence-electron chi connectivity index (χ4n) is 2.36. The zero-order valence-electron chi connectivity index (χ0n) is 17.7. The van der Waals surface area contributed by atoms with Crippen molar-refractivity contribution in [3.05, 3.63) is 22.8 Å². The van der Waals surface area contributed by atoms with E-state index in [0.29, 0.717) is 21.2 Å². The molecule has 7 heteroatoms. The molecule has 0 fully saturated rings. The van der Waals surface area contributed by atoms with E-state index in [4.69, 9.17) is 25.4 Å². The summed E-state index contributed by atoms with van der Waals surface area (Å²) in [6.45, 7) is 6.32. The van der Waals surface area contributed by atoms with Gasteiger partial charge in [-0.15, -0.1) is 0 Å². The van der Waals surface area contributed by atoms with Gasteiger partial charge in [-0.05, 0) is 6.92 Å². The number of ether oxygens (including phenoxy) is 2. The maximum absolute atomic E-state index is 9.00. The normalized spacial score (nSPS) is 9.89. The number of methoxy groups -OCH3 is 1. The molecule has 0 amide bonds. The predicted molar refractivity (Wildman–Crippen MR) is 116 cm³/mol. The molecule has 0 bridgehead atoms. The summed E-state index contributed by atoms with van der Waals surface area (Å²) in [6, 6.07) is 6.24. The Balaban J connectivity index is 0.000000681. The molecule has 0 aliphatic heterocycles. The fraction of sp³-hybridized carbons (Fsp3) is 0.619. The number of rotatable bonds is 10.